The maximum absolute atomic E-state index is 11.6. The number of rotatable bonds is 7. The summed E-state index contributed by atoms with van der Waals surface area (Å²) in [5.74, 6) is 0.0865. The van der Waals surface area contributed by atoms with Gasteiger partial charge >= 0.3 is 5.97 Å². The van der Waals surface area contributed by atoms with Crippen molar-refractivity contribution in [3.8, 4) is 5.75 Å². The van der Waals surface area contributed by atoms with Crippen molar-refractivity contribution in [2.24, 2.45) is 5.92 Å². The van der Waals surface area contributed by atoms with E-state index < -0.39 is 11.5 Å². The van der Waals surface area contributed by atoms with Gasteiger partial charge in [0.1, 0.15) is 12.4 Å². The van der Waals surface area contributed by atoms with Crippen LogP contribution in [-0.4, -0.2) is 29.8 Å². The molecule has 2 rings (SSSR count). The lowest BCUT2D eigenvalue weighted by Gasteiger charge is -2.30. The summed E-state index contributed by atoms with van der Waals surface area (Å²) in [5.41, 5.74) is 0.159. The van der Waals surface area contributed by atoms with Crippen LogP contribution in [0.4, 0.5) is 0 Å². The maximum atomic E-state index is 11.6. The number of aryl methyl sites for hydroxylation is 1. The van der Waals surface area contributed by atoms with Gasteiger partial charge in [0.25, 0.3) is 0 Å². The van der Waals surface area contributed by atoms with Crippen LogP contribution in [0.25, 0.3) is 0 Å². The highest BCUT2D eigenvalue weighted by Gasteiger charge is 2.51. The third-order valence-corrected chi connectivity index (χ3v) is 3.60. The van der Waals surface area contributed by atoms with E-state index >= 15 is 0 Å². The Hall–Kier alpha value is -1.55. The molecule has 1 aromatic carbocycles. The third-order valence-electron chi connectivity index (χ3n) is 3.60. The second-order valence-electron chi connectivity index (χ2n) is 5.19. The summed E-state index contributed by atoms with van der Waals surface area (Å²) in [6.45, 7) is 4.71. The number of carbonyl (C=O) groups is 1. The van der Waals surface area contributed by atoms with Crippen molar-refractivity contribution in [3.63, 3.8) is 0 Å². The van der Waals surface area contributed by atoms with Crippen molar-refractivity contribution in [2.45, 2.75) is 32.2 Å². The molecule has 0 aromatic heterocycles. The molecule has 1 aromatic rings. The quantitative estimate of drug-likeness (QED) is 0.792. The molecular formula is C15H21NO3. The predicted molar refractivity (Wildman–Crippen MR) is 73.4 cm³/mol. The van der Waals surface area contributed by atoms with Gasteiger partial charge in [-0.15, -0.1) is 0 Å². The third kappa shape index (κ3) is 3.07. The molecule has 1 atom stereocenters. The molecule has 1 saturated carbocycles. The second kappa shape index (κ2) is 5.61. The summed E-state index contributed by atoms with van der Waals surface area (Å²) < 4.78 is 5.72. The van der Waals surface area contributed by atoms with Gasteiger partial charge in [0.15, 0.2) is 5.54 Å². The smallest absolute Gasteiger partial charge is 0.327 e. The van der Waals surface area contributed by atoms with Crippen LogP contribution < -0.4 is 10.1 Å². The number of hydrogen-bond donors (Lipinski definition) is 2. The number of aliphatic carboxylic acids is 1. The Balaban J connectivity index is 2.10. The van der Waals surface area contributed by atoms with E-state index in [2.05, 4.69) is 5.32 Å². The topological polar surface area (TPSA) is 58.6 Å². The van der Waals surface area contributed by atoms with Gasteiger partial charge in [0.05, 0.1) is 0 Å². The summed E-state index contributed by atoms with van der Waals surface area (Å²) in [7, 11) is 0. The molecular weight excluding hydrogens is 242 g/mol. The van der Waals surface area contributed by atoms with E-state index in [1.807, 2.05) is 38.1 Å². The van der Waals surface area contributed by atoms with Gasteiger partial charge in [-0.25, -0.2) is 0 Å². The van der Waals surface area contributed by atoms with Crippen molar-refractivity contribution in [3.05, 3.63) is 29.8 Å². The van der Waals surface area contributed by atoms with Crippen LogP contribution in [0.5, 0.6) is 5.75 Å². The van der Waals surface area contributed by atoms with Crippen LogP contribution in [-0.2, 0) is 4.79 Å². The minimum Gasteiger partial charge on any atom is -0.491 e. The number of likely N-dealkylation sites (N-methyl/N-ethyl adjacent to an activating group) is 1. The number of carboxylic acid groups (broad SMARTS) is 1. The monoisotopic (exact) mass is 263 g/mol. The van der Waals surface area contributed by atoms with E-state index in [-0.39, 0.29) is 12.5 Å². The average Bonchev–Trinajstić information content (AvgIpc) is 3.19. The highest BCUT2D eigenvalue weighted by Crippen LogP contribution is 2.40. The van der Waals surface area contributed by atoms with Gasteiger partial charge in [-0.1, -0.05) is 19.1 Å². The van der Waals surface area contributed by atoms with Crippen LogP contribution >= 0.6 is 0 Å². The standard InChI is InChI=1S/C15H21NO3/c1-3-16-15(14(17)18,12-7-8-12)10-19-13-6-4-5-11(2)9-13/h4-6,9,12,16H,3,7-8,10H2,1-2H3,(H,17,18). The number of carboxylic acids is 1. The minimum atomic E-state index is -0.946. The molecule has 1 unspecified atom stereocenters. The summed E-state index contributed by atoms with van der Waals surface area (Å²) in [6, 6.07) is 7.68. The van der Waals surface area contributed by atoms with Crippen molar-refractivity contribution in [1.82, 2.24) is 5.32 Å². The fraction of sp³-hybridized carbons (Fsp3) is 0.533. The van der Waals surface area contributed by atoms with Crippen molar-refractivity contribution in [1.29, 1.82) is 0 Å². The van der Waals surface area contributed by atoms with E-state index in [1.165, 1.54) is 0 Å². The maximum Gasteiger partial charge on any atom is 0.327 e. The molecule has 0 heterocycles. The lowest BCUT2D eigenvalue weighted by atomic mass is 9.94. The van der Waals surface area contributed by atoms with E-state index in [1.54, 1.807) is 0 Å². The van der Waals surface area contributed by atoms with Crippen molar-refractivity contribution >= 4 is 5.97 Å². The fourth-order valence-corrected chi connectivity index (χ4v) is 2.42. The molecule has 104 valence electrons. The van der Waals surface area contributed by atoms with Crippen molar-refractivity contribution < 1.29 is 14.6 Å². The Morgan fingerprint density at radius 2 is 2.26 bits per heavy atom. The van der Waals surface area contributed by atoms with Crippen LogP contribution in [0.3, 0.4) is 0 Å². The molecule has 19 heavy (non-hydrogen) atoms. The van der Waals surface area contributed by atoms with Gasteiger partial charge in [-0.05, 0) is 49.9 Å². The van der Waals surface area contributed by atoms with Crippen LogP contribution in [0.1, 0.15) is 25.3 Å². The zero-order chi connectivity index (χ0) is 13.9. The number of benzene rings is 1. The van der Waals surface area contributed by atoms with Gasteiger partial charge < -0.3 is 9.84 Å². The van der Waals surface area contributed by atoms with Gasteiger partial charge in [0, 0.05) is 0 Å². The number of ether oxygens (including phenoxy) is 1. The van der Waals surface area contributed by atoms with Gasteiger partial charge in [-0.3, -0.25) is 10.1 Å². The van der Waals surface area contributed by atoms with Gasteiger partial charge in [-0.2, -0.15) is 0 Å². The molecule has 0 spiro atoms. The van der Waals surface area contributed by atoms with Crippen LogP contribution in [0.15, 0.2) is 24.3 Å². The molecule has 0 aliphatic heterocycles. The molecule has 1 fully saturated rings. The van der Waals surface area contributed by atoms with Crippen LogP contribution in [0.2, 0.25) is 0 Å². The largest absolute Gasteiger partial charge is 0.491 e. The lowest BCUT2D eigenvalue weighted by Crippen LogP contribution is -2.58. The SMILES string of the molecule is CCNC(COc1cccc(C)c1)(C(=O)O)C1CC1. The van der Waals surface area contributed by atoms with Crippen LogP contribution in [0, 0.1) is 12.8 Å². The second-order valence-corrected chi connectivity index (χ2v) is 5.19. The highest BCUT2D eigenvalue weighted by molar-refractivity contribution is 5.80. The summed E-state index contributed by atoms with van der Waals surface area (Å²) in [6.07, 6.45) is 1.91. The number of nitrogens with one attached hydrogen (secondary N) is 1. The number of hydrogen-bond acceptors (Lipinski definition) is 3. The Morgan fingerprint density at radius 3 is 2.79 bits per heavy atom. The first kappa shape index (κ1) is 13.9. The Kier molecular flexibility index (Phi) is 4.10. The zero-order valence-corrected chi connectivity index (χ0v) is 11.5. The zero-order valence-electron chi connectivity index (χ0n) is 11.5. The normalized spacial score (nSPS) is 17.8. The average molecular weight is 263 g/mol. The first-order valence-corrected chi connectivity index (χ1v) is 6.76. The molecule has 0 bridgehead atoms. The lowest BCUT2D eigenvalue weighted by molar-refractivity contribution is -0.147. The van der Waals surface area contributed by atoms with E-state index in [0.29, 0.717) is 6.54 Å². The molecule has 1 aliphatic rings. The van der Waals surface area contributed by atoms with E-state index in [9.17, 15) is 9.90 Å². The Labute approximate surface area is 113 Å². The molecule has 0 saturated heterocycles. The molecule has 0 radical (unpaired) electrons. The molecule has 0 amide bonds. The minimum absolute atomic E-state index is 0.171. The Bertz CT molecular complexity index is 456. The highest BCUT2D eigenvalue weighted by atomic mass is 16.5. The Morgan fingerprint density at radius 1 is 1.53 bits per heavy atom. The fourth-order valence-electron chi connectivity index (χ4n) is 2.42. The molecule has 2 N–H and O–H groups in total. The summed E-state index contributed by atoms with van der Waals surface area (Å²) in [4.78, 5) is 11.6. The molecule has 1 aliphatic carbocycles. The first-order valence-electron chi connectivity index (χ1n) is 6.76. The summed E-state index contributed by atoms with van der Waals surface area (Å²) in [5, 5.41) is 12.7. The first-order chi connectivity index (χ1) is 9.08. The van der Waals surface area contributed by atoms with E-state index in [0.717, 1.165) is 24.2 Å². The predicted octanol–water partition coefficient (Wildman–Crippen LogP) is 2.22. The van der Waals surface area contributed by atoms with E-state index in [4.69, 9.17) is 4.74 Å². The van der Waals surface area contributed by atoms with Gasteiger partial charge in [0.2, 0.25) is 0 Å². The molecule has 4 nitrogen and oxygen atoms in total. The molecule has 4 heteroatoms. The van der Waals surface area contributed by atoms with Crippen molar-refractivity contribution in [2.75, 3.05) is 13.2 Å². The summed E-state index contributed by atoms with van der Waals surface area (Å²) >= 11 is 0.